The lowest BCUT2D eigenvalue weighted by Crippen LogP contribution is -2.57. The van der Waals surface area contributed by atoms with Crippen molar-refractivity contribution < 1.29 is 28.2 Å². The Hall–Kier alpha value is -1.02. The van der Waals surface area contributed by atoms with Crippen molar-refractivity contribution in [3.63, 3.8) is 0 Å². The second-order valence-electron chi connectivity index (χ2n) is 3.65. The Morgan fingerprint density at radius 2 is 2.00 bits per heavy atom. The highest BCUT2D eigenvalue weighted by atomic mass is 19.4. The lowest BCUT2D eigenvalue weighted by Gasteiger charge is -2.39. The first-order valence-electron chi connectivity index (χ1n) is 4.73. The zero-order chi connectivity index (χ0) is 12.3. The van der Waals surface area contributed by atoms with Crippen LogP contribution in [0.15, 0.2) is 0 Å². The number of aliphatic hydroxyl groups excluding tert-OH is 1. The molecule has 1 amide bonds. The van der Waals surface area contributed by atoms with Crippen LogP contribution in [0.3, 0.4) is 0 Å². The van der Waals surface area contributed by atoms with Crippen LogP contribution in [0.1, 0.15) is 0 Å². The molecule has 2 N–H and O–H groups in total. The van der Waals surface area contributed by atoms with Gasteiger partial charge in [-0.3, -0.25) is 4.90 Å². The molecule has 0 unspecified atom stereocenters. The summed E-state index contributed by atoms with van der Waals surface area (Å²) in [4.78, 5) is 12.7. The molecule has 0 aliphatic carbocycles. The molecule has 8 heteroatoms. The van der Waals surface area contributed by atoms with Gasteiger partial charge in [0.2, 0.25) is 0 Å². The summed E-state index contributed by atoms with van der Waals surface area (Å²) in [7, 11) is 0. The monoisotopic (exact) mass is 242 g/mol. The highest BCUT2D eigenvalue weighted by Gasteiger charge is 2.37. The van der Waals surface area contributed by atoms with Gasteiger partial charge in [0.15, 0.2) is 0 Å². The van der Waals surface area contributed by atoms with Gasteiger partial charge in [0.25, 0.3) is 0 Å². The van der Waals surface area contributed by atoms with E-state index >= 15 is 0 Å². The average molecular weight is 242 g/mol. The number of hydrogen-bond acceptors (Lipinski definition) is 3. The third kappa shape index (κ3) is 3.53. The normalized spacial score (nSPS) is 23.5. The third-order valence-electron chi connectivity index (χ3n) is 2.47. The van der Waals surface area contributed by atoms with Crippen molar-refractivity contribution in [2.24, 2.45) is 0 Å². The van der Waals surface area contributed by atoms with E-state index in [1.54, 1.807) is 0 Å². The van der Waals surface area contributed by atoms with Crippen LogP contribution in [0.2, 0.25) is 0 Å². The maximum absolute atomic E-state index is 12.2. The van der Waals surface area contributed by atoms with Gasteiger partial charge in [0.1, 0.15) is 0 Å². The van der Waals surface area contributed by atoms with Gasteiger partial charge in [-0.15, -0.1) is 0 Å². The van der Waals surface area contributed by atoms with E-state index in [0.717, 1.165) is 9.80 Å². The molecule has 1 saturated heterocycles. The van der Waals surface area contributed by atoms with Crippen molar-refractivity contribution in [3.8, 4) is 0 Å². The van der Waals surface area contributed by atoms with Crippen molar-refractivity contribution in [1.82, 2.24) is 9.80 Å². The first-order chi connectivity index (χ1) is 7.33. The number of alkyl halides is 3. The van der Waals surface area contributed by atoms with Crippen molar-refractivity contribution in [1.29, 1.82) is 0 Å². The van der Waals surface area contributed by atoms with E-state index in [0.29, 0.717) is 0 Å². The fraction of sp³-hybridized carbons (Fsp3) is 0.875. The number of carboxylic acid groups (broad SMARTS) is 1. The van der Waals surface area contributed by atoms with E-state index in [1.165, 1.54) is 0 Å². The summed E-state index contributed by atoms with van der Waals surface area (Å²) in [6.07, 6.45) is -5.51. The van der Waals surface area contributed by atoms with E-state index < -0.39 is 31.5 Å². The molecule has 1 aliphatic heterocycles. The molecule has 0 spiro atoms. The molecule has 0 bridgehead atoms. The molecule has 0 saturated carbocycles. The molecule has 94 valence electrons. The number of halogens is 3. The van der Waals surface area contributed by atoms with Gasteiger partial charge in [-0.25, -0.2) is 4.79 Å². The smallest absolute Gasteiger partial charge is 0.407 e. The van der Waals surface area contributed by atoms with Crippen molar-refractivity contribution in [3.05, 3.63) is 0 Å². The fourth-order valence-electron chi connectivity index (χ4n) is 1.68. The Morgan fingerprint density at radius 1 is 1.38 bits per heavy atom. The summed E-state index contributed by atoms with van der Waals surface area (Å²) in [5.41, 5.74) is 0. The standard InChI is InChI=1S/C8H13F3N2O3/c9-8(10,11)5-13-2-1-12(7(15)16)3-6(13)4-14/h6,14H,1-5H2,(H,15,16)/t6-/m0/s1. The van der Waals surface area contributed by atoms with Crippen LogP contribution in [0.5, 0.6) is 0 Å². The van der Waals surface area contributed by atoms with Crippen molar-refractivity contribution in [2.75, 3.05) is 32.8 Å². The van der Waals surface area contributed by atoms with Gasteiger partial charge in [0.05, 0.1) is 19.2 Å². The number of rotatable bonds is 2. The van der Waals surface area contributed by atoms with Gasteiger partial charge in [-0.2, -0.15) is 13.2 Å². The SMILES string of the molecule is O=C(O)N1CCN(CC(F)(F)F)[C@H](CO)C1. The minimum atomic E-state index is -4.33. The molecule has 0 aromatic carbocycles. The van der Waals surface area contributed by atoms with Crippen LogP contribution in [0, 0.1) is 0 Å². The minimum absolute atomic E-state index is 0.0168. The Labute approximate surface area is 90.1 Å². The van der Waals surface area contributed by atoms with Crippen LogP contribution in [0.25, 0.3) is 0 Å². The number of aliphatic hydroxyl groups is 1. The number of hydrogen-bond donors (Lipinski definition) is 2. The van der Waals surface area contributed by atoms with Crippen LogP contribution in [-0.4, -0.2) is 71.1 Å². The fourth-order valence-corrected chi connectivity index (χ4v) is 1.68. The maximum atomic E-state index is 12.2. The molecule has 1 rings (SSSR count). The average Bonchev–Trinajstić information content (AvgIpc) is 2.15. The summed E-state index contributed by atoms with van der Waals surface area (Å²) in [5.74, 6) is 0. The number of nitrogens with zero attached hydrogens (tertiary/aromatic N) is 2. The topological polar surface area (TPSA) is 64.0 Å². The van der Waals surface area contributed by atoms with Crippen LogP contribution in [0.4, 0.5) is 18.0 Å². The number of amides is 1. The predicted octanol–water partition coefficient (Wildman–Crippen LogP) is 0.205. The Bertz CT molecular complexity index is 259. The lowest BCUT2D eigenvalue weighted by molar-refractivity contribution is -0.157. The van der Waals surface area contributed by atoms with Gasteiger partial charge in [-0.1, -0.05) is 0 Å². The molecular formula is C8H13F3N2O3. The molecule has 0 radical (unpaired) electrons. The Balaban J connectivity index is 2.58. The van der Waals surface area contributed by atoms with Gasteiger partial charge < -0.3 is 15.1 Å². The maximum Gasteiger partial charge on any atom is 0.407 e. The number of carbonyl (C=O) groups is 1. The van der Waals surface area contributed by atoms with Crippen LogP contribution in [-0.2, 0) is 0 Å². The lowest BCUT2D eigenvalue weighted by atomic mass is 10.2. The predicted molar refractivity (Wildman–Crippen MR) is 48.1 cm³/mol. The second-order valence-corrected chi connectivity index (χ2v) is 3.65. The highest BCUT2D eigenvalue weighted by Crippen LogP contribution is 2.20. The Morgan fingerprint density at radius 3 is 2.44 bits per heavy atom. The highest BCUT2D eigenvalue weighted by molar-refractivity contribution is 5.65. The molecule has 0 aromatic rings. The summed E-state index contributed by atoms with van der Waals surface area (Å²) in [5, 5.41) is 17.6. The quantitative estimate of drug-likeness (QED) is 0.726. The zero-order valence-electron chi connectivity index (χ0n) is 8.44. The van der Waals surface area contributed by atoms with E-state index in [-0.39, 0.29) is 19.6 Å². The summed E-state index contributed by atoms with van der Waals surface area (Å²) >= 11 is 0. The van der Waals surface area contributed by atoms with E-state index in [1.807, 2.05) is 0 Å². The summed E-state index contributed by atoms with van der Waals surface area (Å²) < 4.78 is 36.5. The molecule has 1 atom stereocenters. The molecule has 5 nitrogen and oxygen atoms in total. The largest absolute Gasteiger partial charge is 0.465 e. The summed E-state index contributed by atoms with van der Waals surface area (Å²) in [6, 6.07) is -0.786. The van der Waals surface area contributed by atoms with Crippen molar-refractivity contribution >= 4 is 6.09 Å². The van der Waals surface area contributed by atoms with E-state index in [4.69, 9.17) is 10.2 Å². The first-order valence-corrected chi connectivity index (χ1v) is 4.73. The van der Waals surface area contributed by atoms with Gasteiger partial charge >= 0.3 is 12.3 Å². The molecule has 16 heavy (non-hydrogen) atoms. The van der Waals surface area contributed by atoms with Crippen molar-refractivity contribution in [2.45, 2.75) is 12.2 Å². The zero-order valence-corrected chi connectivity index (χ0v) is 8.44. The van der Waals surface area contributed by atoms with Gasteiger partial charge in [-0.05, 0) is 0 Å². The minimum Gasteiger partial charge on any atom is -0.465 e. The van der Waals surface area contributed by atoms with E-state index in [9.17, 15) is 18.0 Å². The molecule has 1 fully saturated rings. The molecule has 1 aliphatic rings. The first kappa shape index (κ1) is 13.0. The van der Waals surface area contributed by atoms with E-state index in [2.05, 4.69) is 0 Å². The molecule has 1 heterocycles. The molecule has 0 aromatic heterocycles. The third-order valence-corrected chi connectivity index (χ3v) is 2.47. The van der Waals surface area contributed by atoms with Crippen LogP contribution >= 0.6 is 0 Å². The van der Waals surface area contributed by atoms with Crippen LogP contribution < -0.4 is 0 Å². The summed E-state index contributed by atoms with van der Waals surface area (Å²) in [6.45, 7) is -1.69. The second kappa shape index (κ2) is 4.88. The number of piperazine rings is 1. The molecular weight excluding hydrogens is 229 g/mol. The van der Waals surface area contributed by atoms with Gasteiger partial charge in [0, 0.05) is 19.6 Å². The Kier molecular flexibility index (Phi) is 3.98.